The van der Waals surface area contributed by atoms with E-state index in [-0.39, 0.29) is 23.3 Å². The van der Waals surface area contributed by atoms with Crippen LogP contribution in [0.1, 0.15) is 30.1 Å². The third-order valence-corrected chi connectivity index (χ3v) is 2.99. The average Bonchev–Trinajstić information content (AvgIpc) is 3.12. The Labute approximate surface area is 115 Å². The monoisotopic (exact) mass is 283 g/mol. The molecular weight excluding hydrogens is 270 g/mol. The fourth-order valence-corrected chi connectivity index (χ4v) is 1.67. The van der Waals surface area contributed by atoms with E-state index in [4.69, 9.17) is 16.3 Å². The van der Waals surface area contributed by atoms with Crippen LogP contribution in [-0.4, -0.2) is 29.1 Å². The smallest absolute Gasteiger partial charge is 0.342 e. The van der Waals surface area contributed by atoms with Crippen LogP contribution in [-0.2, 0) is 9.53 Å². The summed E-state index contributed by atoms with van der Waals surface area (Å²) in [6, 6.07) is 4.27. The van der Waals surface area contributed by atoms with Gasteiger partial charge in [-0.05, 0) is 38.0 Å². The molecule has 0 bridgehead atoms. The fraction of sp³-hybridized carbons (Fsp3) is 0.385. The van der Waals surface area contributed by atoms with Gasteiger partial charge in [0.25, 0.3) is 5.91 Å². The van der Waals surface area contributed by atoms with Crippen LogP contribution < -0.4 is 5.32 Å². The van der Waals surface area contributed by atoms with E-state index in [1.165, 1.54) is 25.1 Å². The highest BCUT2D eigenvalue weighted by atomic mass is 35.5. The molecule has 0 saturated heterocycles. The quantitative estimate of drug-likeness (QED) is 0.827. The van der Waals surface area contributed by atoms with E-state index in [0.717, 1.165) is 12.8 Å². The fourth-order valence-electron chi connectivity index (χ4n) is 1.50. The van der Waals surface area contributed by atoms with Gasteiger partial charge in [0.05, 0.1) is 0 Å². The Kier molecular flexibility index (Phi) is 3.95. The molecule has 0 aromatic heterocycles. The van der Waals surface area contributed by atoms with Crippen molar-refractivity contribution in [1.29, 1.82) is 0 Å². The molecule has 0 aliphatic heterocycles. The molecule has 0 radical (unpaired) electrons. The summed E-state index contributed by atoms with van der Waals surface area (Å²) in [6.07, 6.45) is 1.03. The average molecular weight is 284 g/mol. The predicted molar refractivity (Wildman–Crippen MR) is 69.2 cm³/mol. The van der Waals surface area contributed by atoms with Crippen LogP contribution >= 0.6 is 11.6 Å². The van der Waals surface area contributed by atoms with Crippen LogP contribution in [0.25, 0.3) is 0 Å². The normalized spacial score (nSPS) is 15.7. The zero-order chi connectivity index (χ0) is 14.0. The van der Waals surface area contributed by atoms with E-state index >= 15 is 0 Å². The molecule has 1 aliphatic rings. The number of phenols is 1. The predicted octanol–water partition coefficient (Wildman–Crippen LogP) is 1.87. The molecule has 1 fully saturated rings. The van der Waals surface area contributed by atoms with Crippen molar-refractivity contribution in [3.05, 3.63) is 28.8 Å². The topological polar surface area (TPSA) is 75.6 Å². The Bertz CT molecular complexity index is 513. The van der Waals surface area contributed by atoms with Gasteiger partial charge in [0.15, 0.2) is 6.10 Å². The molecular formula is C13H14ClNO4. The molecule has 0 spiro atoms. The van der Waals surface area contributed by atoms with Gasteiger partial charge in [-0.25, -0.2) is 4.79 Å². The SMILES string of the molecule is CC(OC(=O)c1ccc(Cl)cc1O)C(=O)NC1CC1. The molecule has 1 aromatic rings. The molecule has 1 aliphatic carbocycles. The number of phenolic OH excluding ortho intramolecular Hbond substituents is 1. The summed E-state index contributed by atoms with van der Waals surface area (Å²) >= 11 is 5.67. The maximum Gasteiger partial charge on any atom is 0.342 e. The van der Waals surface area contributed by atoms with E-state index < -0.39 is 12.1 Å². The van der Waals surface area contributed by atoms with E-state index in [9.17, 15) is 14.7 Å². The number of esters is 1. The van der Waals surface area contributed by atoms with Gasteiger partial charge in [-0.15, -0.1) is 0 Å². The van der Waals surface area contributed by atoms with Gasteiger partial charge in [0.2, 0.25) is 0 Å². The number of rotatable bonds is 4. The Hall–Kier alpha value is -1.75. The number of halogens is 1. The van der Waals surface area contributed by atoms with Crippen molar-refractivity contribution < 1.29 is 19.4 Å². The number of carbonyl (C=O) groups is 2. The van der Waals surface area contributed by atoms with Crippen LogP contribution in [0.5, 0.6) is 5.75 Å². The van der Waals surface area contributed by atoms with Crippen LogP contribution in [0, 0.1) is 0 Å². The summed E-state index contributed by atoms with van der Waals surface area (Å²) in [7, 11) is 0. The molecule has 102 valence electrons. The zero-order valence-corrected chi connectivity index (χ0v) is 11.1. The molecule has 1 amide bonds. The minimum Gasteiger partial charge on any atom is -0.507 e. The minimum atomic E-state index is -0.900. The lowest BCUT2D eigenvalue weighted by molar-refractivity contribution is -0.129. The number of hydrogen-bond acceptors (Lipinski definition) is 4. The maximum atomic E-state index is 11.8. The van der Waals surface area contributed by atoms with Crippen molar-refractivity contribution in [3.63, 3.8) is 0 Å². The Morgan fingerprint density at radius 2 is 2.16 bits per heavy atom. The lowest BCUT2D eigenvalue weighted by Crippen LogP contribution is -2.37. The summed E-state index contributed by atoms with van der Waals surface area (Å²) in [5, 5.41) is 12.6. The molecule has 1 unspecified atom stereocenters. The number of ether oxygens (including phenoxy) is 1. The highest BCUT2D eigenvalue weighted by Gasteiger charge is 2.27. The summed E-state index contributed by atoms with van der Waals surface area (Å²) in [5.74, 6) is -1.36. The second-order valence-electron chi connectivity index (χ2n) is 4.49. The van der Waals surface area contributed by atoms with Gasteiger partial charge in [0, 0.05) is 11.1 Å². The first-order chi connectivity index (χ1) is 8.97. The zero-order valence-electron chi connectivity index (χ0n) is 10.4. The largest absolute Gasteiger partial charge is 0.507 e. The van der Waals surface area contributed by atoms with Crippen molar-refractivity contribution in [2.75, 3.05) is 0 Å². The lowest BCUT2D eigenvalue weighted by Gasteiger charge is -2.13. The summed E-state index contributed by atoms with van der Waals surface area (Å²) < 4.78 is 4.99. The van der Waals surface area contributed by atoms with E-state index in [1.807, 2.05) is 0 Å². The van der Waals surface area contributed by atoms with E-state index in [1.54, 1.807) is 0 Å². The van der Waals surface area contributed by atoms with Crippen molar-refractivity contribution >= 4 is 23.5 Å². The van der Waals surface area contributed by atoms with Crippen LogP contribution in [0.4, 0.5) is 0 Å². The Balaban J connectivity index is 1.97. The molecule has 6 heteroatoms. The van der Waals surface area contributed by atoms with Gasteiger partial charge in [0.1, 0.15) is 11.3 Å². The molecule has 1 aromatic carbocycles. The lowest BCUT2D eigenvalue weighted by atomic mass is 10.2. The van der Waals surface area contributed by atoms with Gasteiger partial charge in [-0.2, -0.15) is 0 Å². The number of amides is 1. The van der Waals surface area contributed by atoms with Gasteiger partial charge >= 0.3 is 5.97 Å². The first kappa shape index (κ1) is 13.7. The van der Waals surface area contributed by atoms with Crippen molar-refractivity contribution in [3.8, 4) is 5.75 Å². The second kappa shape index (κ2) is 5.48. The minimum absolute atomic E-state index is 0.0181. The van der Waals surface area contributed by atoms with Gasteiger partial charge < -0.3 is 15.2 Å². The van der Waals surface area contributed by atoms with E-state index in [0.29, 0.717) is 5.02 Å². The number of aromatic hydroxyl groups is 1. The second-order valence-corrected chi connectivity index (χ2v) is 4.93. The first-order valence-corrected chi connectivity index (χ1v) is 6.35. The summed E-state index contributed by atoms with van der Waals surface area (Å²) in [6.45, 7) is 1.49. The maximum absolute atomic E-state index is 11.8. The van der Waals surface area contributed by atoms with Crippen molar-refractivity contribution in [1.82, 2.24) is 5.32 Å². The van der Waals surface area contributed by atoms with Crippen LogP contribution in [0.15, 0.2) is 18.2 Å². The Morgan fingerprint density at radius 3 is 2.74 bits per heavy atom. The first-order valence-electron chi connectivity index (χ1n) is 5.97. The molecule has 2 rings (SSSR count). The number of benzene rings is 1. The Morgan fingerprint density at radius 1 is 1.47 bits per heavy atom. The van der Waals surface area contributed by atoms with Crippen molar-refractivity contribution in [2.24, 2.45) is 0 Å². The molecule has 19 heavy (non-hydrogen) atoms. The van der Waals surface area contributed by atoms with Gasteiger partial charge in [-0.3, -0.25) is 4.79 Å². The number of nitrogens with one attached hydrogen (secondary N) is 1. The van der Waals surface area contributed by atoms with E-state index in [2.05, 4.69) is 5.32 Å². The molecule has 2 N–H and O–H groups in total. The number of hydrogen-bond donors (Lipinski definition) is 2. The summed E-state index contributed by atoms with van der Waals surface area (Å²) in [5.41, 5.74) is -0.0181. The number of carbonyl (C=O) groups excluding carboxylic acids is 2. The molecule has 5 nitrogen and oxygen atoms in total. The molecule has 1 saturated carbocycles. The summed E-state index contributed by atoms with van der Waals surface area (Å²) in [4.78, 5) is 23.4. The van der Waals surface area contributed by atoms with Crippen molar-refractivity contribution in [2.45, 2.75) is 31.9 Å². The van der Waals surface area contributed by atoms with Gasteiger partial charge in [-0.1, -0.05) is 11.6 Å². The standard InChI is InChI=1S/C13H14ClNO4/c1-7(12(17)15-9-3-4-9)19-13(18)10-5-2-8(14)6-11(10)16/h2,5-7,9,16H,3-4H2,1H3,(H,15,17). The van der Waals surface area contributed by atoms with Crippen LogP contribution in [0.3, 0.4) is 0 Å². The highest BCUT2D eigenvalue weighted by Crippen LogP contribution is 2.23. The highest BCUT2D eigenvalue weighted by molar-refractivity contribution is 6.30. The third-order valence-electron chi connectivity index (χ3n) is 2.76. The third kappa shape index (κ3) is 3.61. The molecule has 0 heterocycles. The molecule has 1 atom stereocenters. The van der Waals surface area contributed by atoms with Crippen LogP contribution in [0.2, 0.25) is 5.02 Å².